The van der Waals surface area contributed by atoms with Crippen LogP contribution in [0, 0.1) is 13.8 Å². The van der Waals surface area contributed by atoms with Gasteiger partial charge in [0.05, 0.1) is 24.9 Å². The fraction of sp³-hybridized carbons (Fsp3) is 0.697. The molecule has 18 heteroatoms. The minimum Gasteiger partial charge on any atom is -0.411 e. The zero-order valence-electron chi connectivity index (χ0n) is 32.0. The van der Waals surface area contributed by atoms with E-state index in [1.807, 2.05) is 6.92 Å². The number of hydrogen-bond acceptors (Lipinski definition) is 12. The number of aryl methyl sites for hydroxylation is 2. The van der Waals surface area contributed by atoms with Gasteiger partial charge in [-0.1, -0.05) is 41.5 Å². The Morgan fingerprint density at radius 2 is 1.12 bits per heavy atom. The Labute approximate surface area is 299 Å². The van der Waals surface area contributed by atoms with E-state index in [0.29, 0.717) is 30.6 Å². The lowest BCUT2D eigenvalue weighted by Gasteiger charge is -2.39. The molecule has 16 nitrogen and oxygen atoms in total. The Bertz CT molecular complexity index is 1760. The molecule has 2 aliphatic rings. The summed E-state index contributed by atoms with van der Waals surface area (Å²) in [5, 5.41) is 0.257. The fourth-order valence-corrected chi connectivity index (χ4v) is 7.46. The van der Waals surface area contributed by atoms with Gasteiger partial charge in [-0.3, -0.25) is 28.7 Å². The van der Waals surface area contributed by atoms with Crippen molar-refractivity contribution in [2.45, 2.75) is 142 Å². The number of carbonyl (C=O) groups excluding carboxylic acids is 4. The monoisotopic (exact) mass is 754 g/mol. The highest BCUT2D eigenvalue weighted by atomic mass is 28.4. The van der Waals surface area contributed by atoms with Gasteiger partial charge in [0, 0.05) is 36.4 Å². The lowest BCUT2D eigenvalue weighted by atomic mass is 10.2. The average Bonchev–Trinajstić information content (AvgIpc) is 3.58. The van der Waals surface area contributed by atoms with Crippen LogP contribution in [0.15, 0.2) is 31.6 Å². The first-order valence-corrected chi connectivity index (χ1v) is 22.3. The molecule has 2 aromatic heterocycles. The summed E-state index contributed by atoms with van der Waals surface area (Å²) in [6, 6.07) is 0. The second-order valence-corrected chi connectivity index (χ2v) is 25.1. The van der Waals surface area contributed by atoms with Gasteiger partial charge < -0.3 is 18.3 Å². The van der Waals surface area contributed by atoms with Gasteiger partial charge in [0.15, 0.2) is 16.6 Å². The molecule has 286 valence electrons. The van der Waals surface area contributed by atoms with Crippen LogP contribution in [0.2, 0.25) is 36.3 Å². The summed E-state index contributed by atoms with van der Waals surface area (Å²) in [5.41, 5.74) is -0.592. The van der Waals surface area contributed by atoms with Crippen LogP contribution in [-0.2, 0) is 37.5 Å². The standard InChI is InChI=1S/C16H28N2O4Si.C15H26N2O4Si.2CO2/c1-10-9-18(15(20)17-14(10)19)13-8-12(11(2)21-13)22-23(6,7)16(3,4)5;1-10-8-17(14(19)16-13(10)18)12-7-11(9-20-12)21-22(5,6)15(2,3)4;2*2-1-3/h9,11-13H,8H2,1-7H3,(H,17,19,20);8,11-12H,7,9H2,1-6H3,(H,16,18,19);;/t11-,12?,13-;11?,12-;;/m11../s1. The molecular formula is C33H54N4O12Si2. The maximum absolute atomic E-state index is 12.0. The molecule has 2 aliphatic heterocycles. The van der Waals surface area contributed by atoms with Crippen molar-refractivity contribution >= 4 is 28.9 Å². The molecule has 4 heterocycles. The second kappa shape index (κ2) is 18.2. The molecule has 0 aliphatic carbocycles. The van der Waals surface area contributed by atoms with Crippen molar-refractivity contribution in [2.24, 2.45) is 0 Å². The van der Waals surface area contributed by atoms with E-state index in [4.69, 9.17) is 37.5 Å². The van der Waals surface area contributed by atoms with Gasteiger partial charge in [-0.05, 0) is 57.0 Å². The third kappa shape index (κ3) is 12.5. The number of nitrogens with one attached hydrogen (secondary N) is 2. The Morgan fingerprint density at radius 3 is 1.53 bits per heavy atom. The summed E-state index contributed by atoms with van der Waals surface area (Å²) in [6.45, 7) is 27.8. The minimum atomic E-state index is -1.90. The van der Waals surface area contributed by atoms with E-state index in [1.54, 1.807) is 26.2 Å². The molecule has 2 unspecified atom stereocenters. The Morgan fingerprint density at radius 1 is 0.725 bits per heavy atom. The molecule has 0 spiro atoms. The Hall–Kier alpha value is -3.61. The number of aromatic nitrogens is 4. The Balaban J connectivity index is 0.000000442. The van der Waals surface area contributed by atoms with Crippen LogP contribution in [0.25, 0.3) is 0 Å². The maximum atomic E-state index is 12.0. The fourth-order valence-electron chi connectivity index (χ4n) is 4.71. The van der Waals surface area contributed by atoms with Gasteiger partial charge >= 0.3 is 23.7 Å². The van der Waals surface area contributed by atoms with Gasteiger partial charge in [-0.25, -0.2) is 9.59 Å². The van der Waals surface area contributed by atoms with Crippen molar-refractivity contribution in [2.75, 3.05) is 6.61 Å². The van der Waals surface area contributed by atoms with Gasteiger partial charge in [-0.15, -0.1) is 0 Å². The lowest BCUT2D eigenvalue weighted by molar-refractivity contribution is -0.193. The van der Waals surface area contributed by atoms with E-state index in [2.05, 4.69) is 77.7 Å². The normalized spacial score (nSPS) is 21.9. The SMILES string of the molecule is Cc1cn([C@H]2CC(O[Si](C)(C)C(C)(C)C)CO2)c(=O)[nH]c1=O.Cc1cn([C@H]2CC(O[Si](C)(C)C(C)(C)C)[C@@H](C)O2)c(=O)[nH]c1=O.O=C=O.O=C=O. The summed E-state index contributed by atoms with van der Waals surface area (Å²) in [4.78, 5) is 84.0. The predicted octanol–water partition coefficient (Wildman–Crippen LogP) is 3.53. The molecule has 0 aromatic carbocycles. The minimum absolute atomic E-state index is 0.00924. The zero-order chi connectivity index (χ0) is 39.7. The number of aromatic amines is 2. The van der Waals surface area contributed by atoms with Crippen LogP contribution in [-0.4, -0.2) is 73.0 Å². The molecule has 0 saturated carbocycles. The molecule has 0 bridgehead atoms. The van der Waals surface area contributed by atoms with Gasteiger partial charge in [0.1, 0.15) is 12.5 Å². The number of nitrogens with zero attached hydrogens (tertiary/aromatic N) is 2. The van der Waals surface area contributed by atoms with Gasteiger partial charge in [0.2, 0.25) is 0 Å². The molecule has 0 radical (unpaired) electrons. The summed E-state index contributed by atoms with van der Waals surface area (Å²) in [7, 11) is -3.76. The average molecular weight is 755 g/mol. The van der Waals surface area contributed by atoms with Crippen LogP contribution >= 0.6 is 0 Å². The predicted molar refractivity (Wildman–Crippen MR) is 190 cm³/mol. The maximum Gasteiger partial charge on any atom is 0.373 e. The van der Waals surface area contributed by atoms with Gasteiger partial charge in [-0.2, -0.15) is 19.2 Å². The van der Waals surface area contributed by atoms with E-state index in [-0.39, 0.29) is 58.0 Å². The summed E-state index contributed by atoms with van der Waals surface area (Å²) in [6.07, 6.45) is 3.93. The molecule has 4 rings (SSSR count). The largest absolute Gasteiger partial charge is 0.411 e. The Kier molecular flexibility index (Phi) is 16.2. The third-order valence-corrected chi connectivity index (χ3v) is 18.7. The van der Waals surface area contributed by atoms with E-state index in [0.717, 1.165) is 0 Å². The number of rotatable bonds is 6. The summed E-state index contributed by atoms with van der Waals surface area (Å²) < 4.78 is 27.4. The van der Waals surface area contributed by atoms with E-state index in [1.165, 1.54) is 9.13 Å². The van der Waals surface area contributed by atoms with Crippen molar-refractivity contribution in [3.63, 3.8) is 0 Å². The number of H-pyrrole nitrogens is 2. The van der Waals surface area contributed by atoms with Crippen LogP contribution in [0.3, 0.4) is 0 Å². The molecule has 5 atom stereocenters. The number of ether oxygens (including phenoxy) is 2. The first-order valence-electron chi connectivity index (χ1n) is 16.5. The molecule has 2 saturated heterocycles. The first-order chi connectivity index (χ1) is 23.3. The molecule has 2 N–H and O–H groups in total. The molecule has 51 heavy (non-hydrogen) atoms. The van der Waals surface area contributed by atoms with E-state index >= 15 is 0 Å². The molecule has 0 amide bonds. The number of hydrogen-bond donors (Lipinski definition) is 2. The van der Waals surface area contributed by atoms with Gasteiger partial charge in [0.25, 0.3) is 11.1 Å². The zero-order valence-corrected chi connectivity index (χ0v) is 34.0. The van der Waals surface area contributed by atoms with E-state index < -0.39 is 34.2 Å². The summed E-state index contributed by atoms with van der Waals surface area (Å²) >= 11 is 0. The summed E-state index contributed by atoms with van der Waals surface area (Å²) in [5.74, 6) is 0. The second-order valence-electron chi connectivity index (χ2n) is 15.6. The van der Waals surface area contributed by atoms with Crippen molar-refractivity contribution in [1.29, 1.82) is 0 Å². The highest BCUT2D eigenvalue weighted by Crippen LogP contribution is 2.41. The van der Waals surface area contributed by atoms with Crippen LogP contribution in [0.1, 0.15) is 84.9 Å². The highest BCUT2D eigenvalue weighted by molar-refractivity contribution is 6.74. The molecular weight excluding hydrogens is 701 g/mol. The van der Waals surface area contributed by atoms with Crippen molar-refractivity contribution < 1.29 is 37.5 Å². The molecule has 2 aromatic rings. The topological polar surface area (TPSA) is 215 Å². The van der Waals surface area contributed by atoms with Crippen LogP contribution < -0.4 is 22.5 Å². The smallest absolute Gasteiger partial charge is 0.373 e. The van der Waals surface area contributed by atoms with Crippen LogP contribution in [0.5, 0.6) is 0 Å². The van der Waals surface area contributed by atoms with Crippen molar-refractivity contribution in [1.82, 2.24) is 19.1 Å². The highest BCUT2D eigenvalue weighted by Gasteiger charge is 2.44. The molecule has 2 fully saturated rings. The quantitative estimate of drug-likeness (QED) is 0.405. The van der Waals surface area contributed by atoms with E-state index in [9.17, 15) is 19.2 Å². The first kappa shape index (κ1) is 45.4. The van der Waals surface area contributed by atoms with Crippen LogP contribution in [0.4, 0.5) is 0 Å². The van der Waals surface area contributed by atoms with Crippen molar-refractivity contribution in [3.05, 3.63) is 65.2 Å². The van der Waals surface area contributed by atoms with Crippen molar-refractivity contribution in [3.8, 4) is 0 Å². The third-order valence-electron chi connectivity index (χ3n) is 9.70. The lowest BCUT2D eigenvalue weighted by Crippen LogP contribution is -2.45.